The lowest BCUT2D eigenvalue weighted by molar-refractivity contribution is 1.31. The van der Waals surface area contributed by atoms with E-state index in [1.165, 1.54) is 134 Å². The molecule has 4 nitrogen and oxygen atoms in total. The lowest BCUT2D eigenvalue weighted by Crippen LogP contribution is -2.59. The number of hydrogen-bond donors (Lipinski definition) is 0. The predicted molar refractivity (Wildman–Crippen MR) is 354 cm³/mol. The minimum atomic E-state index is 0.00197. The van der Waals surface area contributed by atoms with E-state index in [1.54, 1.807) is 0 Å². The summed E-state index contributed by atoms with van der Waals surface area (Å²) < 4.78 is 0. The third kappa shape index (κ3) is 6.38. The largest absolute Gasteiger partial charge is 0.376 e. The van der Waals surface area contributed by atoms with E-state index in [0.717, 1.165) is 33.6 Å². The summed E-state index contributed by atoms with van der Waals surface area (Å²) in [7, 11) is 0. The molecule has 6 aliphatic heterocycles. The lowest BCUT2D eigenvalue weighted by Gasteiger charge is -2.43. The molecule has 12 aromatic carbocycles. The third-order valence-corrected chi connectivity index (χ3v) is 19.1. The first-order chi connectivity index (χ1) is 41.7. The average molecular weight is 1060 g/mol. The van der Waals surface area contributed by atoms with Crippen molar-refractivity contribution in [2.24, 2.45) is 0 Å². The summed E-state index contributed by atoms with van der Waals surface area (Å²) >= 11 is 0. The zero-order chi connectivity index (χ0) is 54.7. The second-order valence-corrected chi connectivity index (χ2v) is 23.2. The number of aromatic nitrogens is 1. The van der Waals surface area contributed by atoms with E-state index in [9.17, 15) is 0 Å². The van der Waals surface area contributed by atoms with Gasteiger partial charge < -0.3 is 14.4 Å². The van der Waals surface area contributed by atoms with Gasteiger partial charge in [-0.1, -0.05) is 218 Å². The van der Waals surface area contributed by atoms with Gasteiger partial charge in [-0.3, -0.25) is 0 Å². The van der Waals surface area contributed by atoms with Gasteiger partial charge in [-0.05, 0) is 144 Å². The number of para-hydroxylation sites is 5. The summed E-state index contributed by atoms with van der Waals surface area (Å²) in [5.74, 6) is 0. The molecular weight excluding hydrogens is 1010 g/mol. The molecule has 84 heavy (non-hydrogen) atoms. The van der Waals surface area contributed by atoms with E-state index in [1.807, 2.05) is 0 Å². The van der Waals surface area contributed by atoms with E-state index < -0.39 is 0 Å². The molecule has 0 radical (unpaired) electrons. The van der Waals surface area contributed by atoms with Crippen LogP contribution in [0.2, 0.25) is 0 Å². The number of nitrogens with zero attached hydrogens (tertiary/aromatic N) is 4. The number of hydrogen-bond acceptors (Lipinski definition) is 4. The van der Waals surface area contributed by atoms with Crippen molar-refractivity contribution in [3.05, 3.63) is 285 Å². The Kier molecular flexibility index (Phi) is 9.57. The Labute approximate surface area is 489 Å². The van der Waals surface area contributed by atoms with Crippen LogP contribution in [-0.2, 0) is 0 Å². The van der Waals surface area contributed by atoms with Crippen LogP contribution in [0.4, 0.5) is 34.1 Å². The van der Waals surface area contributed by atoms with Crippen molar-refractivity contribution in [1.82, 2.24) is 4.98 Å². The molecule has 19 rings (SSSR count). The molecule has 0 unspecified atom stereocenters. The molecule has 0 bridgehead atoms. The van der Waals surface area contributed by atoms with Crippen molar-refractivity contribution >= 4 is 87.4 Å². The highest BCUT2D eigenvalue weighted by molar-refractivity contribution is 6.94. The molecule has 0 atom stereocenters. The summed E-state index contributed by atoms with van der Waals surface area (Å²) in [6, 6.07) is 107. The second kappa shape index (κ2) is 17.5. The van der Waals surface area contributed by atoms with Crippen molar-refractivity contribution in [3.63, 3.8) is 0 Å². The molecule has 13 aromatic rings. The van der Waals surface area contributed by atoms with Gasteiger partial charge in [0.25, 0.3) is 0 Å². The molecule has 0 fully saturated rings. The lowest BCUT2D eigenvalue weighted by atomic mass is 9.43. The zero-order valence-corrected chi connectivity index (χ0v) is 45.7. The fourth-order valence-electron chi connectivity index (χ4n) is 15.6. The first kappa shape index (κ1) is 46.0. The van der Waals surface area contributed by atoms with Crippen LogP contribution in [0.3, 0.4) is 0 Å². The summed E-state index contributed by atoms with van der Waals surface area (Å²) in [6.07, 6.45) is 0. The quantitative estimate of drug-likeness (QED) is 0.164. The summed E-state index contributed by atoms with van der Waals surface area (Å²) in [4.78, 5) is 13.5. The molecule has 0 N–H and O–H groups in total. The van der Waals surface area contributed by atoms with Gasteiger partial charge in [0.15, 0.2) is 0 Å². The number of rotatable bonds is 3. The van der Waals surface area contributed by atoms with Gasteiger partial charge in [0.1, 0.15) is 0 Å². The number of fused-ring (bicyclic) bond motifs is 33. The van der Waals surface area contributed by atoms with Gasteiger partial charge in [-0.2, -0.15) is 0 Å². The molecule has 7 heteroatoms. The zero-order valence-electron chi connectivity index (χ0n) is 45.7. The minimum absolute atomic E-state index is 0.00197. The van der Waals surface area contributed by atoms with Crippen LogP contribution in [0.15, 0.2) is 285 Å². The highest BCUT2D eigenvalue weighted by Crippen LogP contribution is 2.51. The molecule has 6 aliphatic rings. The maximum absolute atomic E-state index is 5.80. The molecule has 384 valence electrons. The van der Waals surface area contributed by atoms with Crippen LogP contribution in [0.25, 0.3) is 100 Å². The van der Waals surface area contributed by atoms with E-state index in [0.29, 0.717) is 0 Å². The molecule has 7 heterocycles. The van der Waals surface area contributed by atoms with Crippen molar-refractivity contribution in [1.29, 1.82) is 0 Å². The van der Waals surface area contributed by atoms with Crippen molar-refractivity contribution in [2.45, 2.75) is 0 Å². The molecule has 0 saturated heterocycles. The third-order valence-electron chi connectivity index (χ3n) is 19.1. The molecule has 0 amide bonds. The van der Waals surface area contributed by atoms with Gasteiger partial charge in [0.2, 0.25) is 0 Å². The highest BCUT2D eigenvalue weighted by atomic mass is 15.1. The van der Waals surface area contributed by atoms with Gasteiger partial charge >= 0.3 is 20.5 Å². The molecule has 0 saturated carbocycles. The van der Waals surface area contributed by atoms with Gasteiger partial charge in [0, 0.05) is 78.6 Å². The molecular formula is C77H47B3N4. The second-order valence-electron chi connectivity index (χ2n) is 23.2. The maximum atomic E-state index is 5.80. The van der Waals surface area contributed by atoms with Crippen LogP contribution in [-0.4, -0.2) is 25.5 Å². The molecule has 1 aromatic heterocycles. The number of anilines is 6. The standard InChI is InChI=1S/C77H47B3N4/c1-10-28-64-52(19-1)58-25-7-16-34-74(58)84-77-42-39-50(45-63(77)55-22-4-13-31-67(55)78(64)84)71-47-51(48-37-40-68-61(43-48)59-26-8-17-35-75(59)82-72-32-14-5-23-56(72)53-20-2-11-29-65(53)79(68)82)46-70(81-71)49-38-41-69-62(44-49)60-27-9-18-36-76(60)83-73-33-15-6-24-57(73)54-21-3-12-30-66(54)80(69)83/h1-47H. The Bertz CT molecular complexity index is 4500. The summed E-state index contributed by atoms with van der Waals surface area (Å²) in [5, 5.41) is 0. The number of pyridine rings is 1. The first-order valence-electron chi connectivity index (χ1n) is 29.4. The Morgan fingerprint density at radius 2 is 0.452 bits per heavy atom. The number of benzene rings is 12. The van der Waals surface area contributed by atoms with Crippen molar-refractivity contribution in [3.8, 4) is 100 Å². The van der Waals surface area contributed by atoms with Crippen LogP contribution in [0.5, 0.6) is 0 Å². The Morgan fingerprint density at radius 1 is 0.190 bits per heavy atom. The molecule has 0 aliphatic carbocycles. The van der Waals surface area contributed by atoms with E-state index in [4.69, 9.17) is 4.98 Å². The van der Waals surface area contributed by atoms with Crippen molar-refractivity contribution in [2.75, 3.05) is 14.4 Å². The van der Waals surface area contributed by atoms with Gasteiger partial charge in [-0.15, -0.1) is 0 Å². The fraction of sp³-hybridized carbons (Fsp3) is 0. The van der Waals surface area contributed by atoms with E-state index in [-0.39, 0.29) is 20.5 Å². The normalized spacial score (nSPS) is 13.6. The Balaban J connectivity index is 0.815. The first-order valence-corrected chi connectivity index (χ1v) is 29.4. The predicted octanol–water partition coefficient (Wildman–Crippen LogP) is 14.8. The SMILES string of the molecule is c1ccc2c(c1)B1c3ccc(-c4cc(-c5ccc6c(c5)-c5ccccc5N5B6c6ccccc6-c6ccccc65)nc(-c5ccc6c(c5)-c5ccccc5B5c7ccccc7-c7ccccc7N56)c4)cc3-c3ccccc3N1c1ccccc1-2. The van der Waals surface area contributed by atoms with Crippen LogP contribution in [0.1, 0.15) is 0 Å². The average Bonchev–Trinajstić information content (AvgIpc) is 1.39. The fourth-order valence-corrected chi connectivity index (χ4v) is 15.6. The summed E-state index contributed by atoms with van der Waals surface area (Å²) in [6.45, 7) is 0.0489. The monoisotopic (exact) mass is 1060 g/mol. The van der Waals surface area contributed by atoms with Gasteiger partial charge in [-0.25, -0.2) is 4.98 Å². The smallest absolute Gasteiger partial charge is 0.329 e. The Morgan fingerprint density at radius 3 is 0.845 bits per heavy atom. The van der Waals surface area contributed by atoms with Crippen LogP contribution < -0.4 is 47.2 Å². The topological polar surface area (TPSA) is 22.6 Å². The Hall–Kier alpha value is -10.6. The minimum Gasteiger partial charge on any atom is -0.376 e. The summed E-state index contributed by atoms with van der Waals surface area (Å²) in [5.41, 5.74) is 36.6. The van der Waals surface area contributed by atoms with E-state index >= 15 is 0 Å². The maximum Gasteiger partial charge on any atom is 0.329 e. The van der Waals surface area contributed by atoms with Crippen LogP contribution in [0, 0.1) is 0 Å². The highest BCUT2D eigenvalue weighted by Gasteiger charge is 2.45. The van der Waals surface area contributed by atoms with Crippen LogP contribution >= 0.6 is 0 Å². The van der Waals surface area contributed by atoms with Crippen molar-refractivity contribution < 1.29 is 0 Å². The van der Waals surface area contributed by atoms with Gasteiger partial charge in [0.05, 0.1) is 11.4 Å². The molecule has 0 spiro atoms. The van der Waals surface area contributed by atoms with E-state index in [2.05, 4.69) is 300 Å².